The van der Waals surface area contributed by atoms with E-state index in [1.54, 1.807) is 19.1 Å². The van der Waals surface area contributed by atoms with Gasteiger partial charge in [-0.1, -0.05) is 18.2 Å². The SMILES string of the molecule is Cc1cc2cc(S(=O)(=O)O)ccc2c(C(=C2C=CC(=[N+](C)C)C=C2)c2ccc(N(C)C)cc2)c1O. The van der Waals surface area contributed by atoms with Crippen LogP contribution in [-0.4, -0.2) is 56.6 Å². The lowest BCUT2D eigenvalue weighted by Crippen LogP contribution is -2.10. The molecule has 0 aliphatic heterocycles. The van der Waals surface area contributed by atoms with E-state index in [0.29, 0.717) is 21.9 Å². The molecule has 0 unspecified atom stereocenters. The van der Waals surface area contributed by atoms with E-state index in [2.05, 4.69) is 0 Å². The first-order valence-electron chi connectivity index (χ1n) is 11.1. The predicted molar refractivity (Wildman–Crippen MR) is 142 cm³/mol. The van der Waals surface area contributed by atoms with E-state index in [4.69, 9.17) is 0 Å². The lowest BCUT2D eigenvalue weighted by Gasteiger charge is -2.20. The summed E-state index contributed by atoms with van der Waals surface area (Å²) in [5, 5.41) is 12.6. The zero-order valence-corrected chi connectivity index (χ0v) is 21.3. The molecular weight excluding hydrogens is 460 g/mol. The molecule has 180 valence electrons. The van der Waals surface area contributed by atoms with Crippen LogP contribution in [-0.2, 0) is 10.1 Å². The fourth-order valence-corrected chi connectivity index (χ4v) is 4.75. The highest BCUT2D eigenvalue weighted by atomic mass is 32.2. The summed E-state index contributed by atoms with van der Waals surface area (Å²) in [6.07, 6.45) is 8.08. The van der Waals surface area contributed by atoms with Gasteiger partial charge >= 0.3 is 0 Å². The fraction of sp³-hybridized carbons (Fsp3) is 0.179. The molecule has 0 radical (unpaired) electrons. The second-order valence-electron chi connectivity index (χ2n) is 9.03. The third-order valence-corrected chi connectivity index (χ3v) is 7.02. The molecular formula is C28H29N2O4S+. The number of aromatic hydroxyl groups is 1. The number of fused-ring (bicyclic) bond motifs is 1. The molecule has 35 heavy (non-hydrogen) atoms. The molecule has 1 aliphatic carbocycles. The molecule has 0 fully saturated rings. The summed E-state index contributed by atoms with van der Waals surface area (Å²) in [4.78, 5) is 1.83. The molecule has 1 aliphatic rings. The van der Waals surface area contributed by atoms with Gasteiger partial charge in [-0.15, -0.1) is 0 Å². The molecule has 0 aromatic heterocycles. The Bertz CT molecular complexity index is 1540. The molecule has 4 rings (SSSR count). The number of rotatable bonds is 4. The molecule has 0 amide bonds. The van der Waals surface area contributed by atoms with E-state index in [1.165, 1.54) is 12.1 Å². The van der Waals surface area contributed by atoms with Gasteiger partial charge in [-0.3, -0.25) is 4.55 Å². The van der Waals surface area contributed by atoms with Crippen LogP contribution in [0.3, 0.4) is 0 Å². The maximum Gasteiger partial charge on any atom is 0.294 e. The van der Waals surface area contributed by atoms with E-state index in [0.717, 1.165) is 28.1 Å². The summed E-state index contributed by atoms with van der Waals surface area (Å²) in [5.74, 6) is 0.125. The van der Waals surface area contributed by atoms with Crippen molar-refractivity contribution in [2.24, 2.45) is 0 Å². The van der Waals surface area contributed by atoms with Gasteiger partial charge in [-0.25, -0.2) is 4.58 Å². The third-order valence-electron chi connectivity index (χ3n) is 6.17. The van der Waals surface area contributed by atoms with Gasteiger partial charge in [0, 0.05) is 43.1 Å². The highest BCUT2D eigenvalue weighted by molar-refractivity contribution is 7.85. The Morgan fingerprint density at radius 1 is 0.914 bits per heavy atom. The number of nitrogens with zero attached hydrogens (tertiary/aromatic N) is 2. The summed E-state index contributed by atoms with van der Waals surface area (Å²) in [5.41, 5.74) is 5.96. The Balaban J connectivity index is 2.07. The van der Waals surface area contributed by atoms with Gasteiger partial charge in [0.05, 0.1) is 4.90 Å². The lowest BCUT2D eigenvalue weighted by atomic mass is 9.86. The number of benzene rings is 3. The van der Waals surface area contributed by atoms with E-state index in [-0.39, 0.29) is 10.6 Å². The summed E-state index contributed by atoms with van der Waals surface area (Å²) < 4.78 is 35.1. The van der Waals surface area contributed by atoms with Crippen LogP contribution >= 0.6 is 0 Å². The summed E-state index contributed by atoms with van der Waals surface area (Å²) in [6, 6.07) is 14.2. The molecule has 0 spiro atoms. The number of phenols is 1. The maximum absolute atomic E-state index is 11.8. The third kappa shape index (κ3) is 4.78. The van der Waals surface area contributed by atoms with Crippen molar-refractivity contribution in [2.75, 3.05) is 33.1 Å². The van der Waals surface area contributed by atoms with Crippen LogP contribution in [0.25, 0.3) is 16.3 Å². The molecule has 0 atom stereocenters. The van der Waals surface area contributed by atoms with Gasteiger partial charge in [0.15, 0.2) is 5.71 Å². The standard InChI is InChI=1S/C28H28N2O4S/c1-18-16-21-17-24(35(32,33)34)14-15-25(21)27(28(18)31)26(19-6-10-22(11-7-19)29(2)3)20-8-12-23(13-9-20)30(4)5/h6-17H,1-5H3,(H,32,33,34)/p+1. The summed E-state index contributed by atoms with van der Waals surface area (Å²) in [7, 11) is 3.55. The maximum atomic E-state index is 11.8. The highest BCUT2D eigenvalue weighted by Crippen LogP contribution is 2.42. The van der Waals surface area contributed by atoms with Crippen molar-refractivity contribution in [1.82, 2.24) is 0 Å². The van der Waals surface area contributed by atoms with Crippen molar-refractivity contribution in [3.8, 4) is 5.75 Å². The van der Waals surface area contributed by atoms with Crippen LogP contribution in [0.4, 0.5) is 5.69 Å². The first-order chi connectivity index (χ1) is 16.5. The molecule has 3 aromatic carbocycles. The zero-order valence-electron chi connectivity index (χ0n) is 20.4. The average Bonchev–Trinajstić information content (AvgIpc) is 2.81. The molecule has 0 saturated carbocycles. The van der Waals surface area contributed by atoms with Crippen LogP contribution in [0.5, 0.6) is 5.75 Å². The molecule has 0 saturated heterocycles. The topological polar surface area (TPSA) is 80.9 Å². The molecule has 0 bridgehead atoms. The highest BCUT2D eigenvalue weighted by Gasteiger charge is 2.21. The largest absolute Gasteiger partial charge is 0.507 e. The first-order valence-corrected chi connectivity index (χ1v) is 12.6. The smallest absolute Gasteiger partial charge is 0.294 e. The number of anilines is 1. The number of aryl methyl sites for hydroxylation is 1. The minimum absolute atomic E-state index is 0.125. The van der Waals surface area contributed by atoms with Gasteiger partial charge in [-0.05, 0) is 76.9 Å². The van der Waals surface area contributed by atoms with Gasteiger partial charge < -0.3 is 10.0 Å². The van der Waals surface area contributed by atoms with E-state index >= 15 is 0 Å². The quantitative estimate of drug-likeness (QED) is 0.406. The summed E-state index contributed by atoms with van der Waals surface area (Å²) in [6.45, 7) is 1.78. The zero-order chi connectivity index (χ0) is 25.5. The lowest BCUT2D eigenvalue weighted by molar-refractivity contribution is -0.462. The number of hydrogen-bond acceptors (Lipinski definition) is 4. The van der Waals surface area contributed by atoms with Crippen molar-refractivity contribution in [1.29, 1.82) is 0 Å². The van der Waals surface area contributed by atoms with Crippen LogP contribution in [0.1, 0.15) is 16.7 Å². The van der Waals surface area contributed by atoms with Gasteiger partial charge in [0.2, 0.25) is 0 Å². The van der Waals surface area contributed by atoms with Gasteiger partial charge in [-0.2, -0.15) is 8.42 Å². The van der Waals surface area contributed by atoms with Crippen LogP contribution < -0.4 is 4.90 Å². The predicted octanol–water partition coefficient (Wildman–Crippen LogP) is 4.81. The van der Waals surface area contributed by atoms with E-state index < -0.39 is 10.1 Å². The molecule has 2 N–H and O–H groups in total. The first kappa shape index (κ1) is 24.4. The van der Waals surface area contributed by atoms with Gasteiger partial charge in [0.25, 0.3) is 10.1 Å². The number of phenolic OH excluding ortho intramolecular Hbond substituents is 1. The van der Waals surface area contributed by atoms with Crippen LogP contribution in [0.2, 0.25) is 0 Å². The van der Waals surface area contributed by atoms with Crippen molar-refractivity contribution < 1.29 is 22.7 Å². The Hall–Kier alpha value is -3.68. The van der Waals surface area contributed by atoms with E-state index in [9.17, 15) is 18.1 Å². The average molecular weight is 490 g/mol. The minimum atomic E-state index is -4.36. The fourth-order valence-electron chi connectivity index (χ4n) is 4.24. The second kappa shape index (κ2) is 9.17. The van der Waals surface area contributed by atoms with Crippen molar-refractivity contribution >= 4 is 37.9 Å². The Kier molecular flexibility index (Phi) is 6.40. The number of hydrogen-bond donors (Lipinski definition) is 2. The number of allylic oxidation sites excluding steroid dienone is 5. The summed E-state index contributed by atoms with van der Waals surface area (Å²) >= 11 is 0. The molecule has 3 aromatic rings. The molecule has 7 heteroatoms. The normalized spacial score (nSPS) is 13.4. The van der Waals surface area contributed by atoms with Crippen molar-refractivity contribution in [3.05, 3.63) is 95.1 Å². The van der Waals surface area contributed by atoms with Crippen molar-refractivity contribution in [2.45, 2.75) is 11.8 Å². The Morgan fingerprint density at radius 2 is 1.54 bits per heavy atom. The Labute approximate surface area is 206 Å². The van der Waals surface area contributed by atoms with Crippen LogP contribution in [0.15, 0.2) is 83.3 Å². The van der Waals surface area contributed by atoms with Crippen LogP contribution in [0, 0.1) is 6.92 Å². The van der Waals surface area contributed by atoms with Gasteiger partial charge in [0.1, 0.15) is 19.8 Å². The van der Waals surface area contributed by atoms with E-state index in [1.807, 2.05) is 86.2 Å². The monoisotopic (exact) mass is 489 g/mol. The Morgan fingerprint density at radius 3 is 2.09 bits per heavy atom. The van der Waals surface area contributed by atoms with Crippen molar-refractivity contribution in [3.63, 3.8) is 0 Å². The molecule has 0 heterocycles. The minimum Gasteiger partial charge on any atom is -0.507 e. The second-order valence-corrected chi connectivity index (χ2v) is 10.5. The molecule has 6 nitrogen and oxygen atoms in total.